The number of carbonyl (C=O) groups is 1. The molecule has 2 aromatic heterocycles. The van der Waals surface area contributed by atoms with Crippen LogP contribution in [0.3, 0.4) is 0 Å². The predicted octanol–water partition coefficient (Wildman–Crippen LogP) is 3.83. The van der Waals surface area contributed by atoms with Gasteiger partial charge in [-0.2, -0.15) is 10.1 Å². The fourth-order valence-corrected chi connectivity index (χ4v) is 2.97. The molecule has 2 aromatic carbocycles. The van der Waals surface area contributed by atoms with Crippen molar-refractivity contribution in [2.75, 3.05) is 5.32 Å². The van der Waals surface area contributed by atoms with Crippen LogP contribution < -0.4 is 10.1 Å². The number of carbonyl (C=O) groups excluding carboxylic acids is 1. The number of non-ortho nitro benzene ring substituents is 2. The number of nitro groups is 2. The highest BCUT2D eigenvalue weighted by Crippen LogP contribution is 2.25. The van der Waals surface area contributed by atoms with Gasteiger partial charge < -0.3 is 10.1 Å². The Kier molecular flexibility index (Phi) is 5.90. The Morgan fingerprint density at radius 3 is 2.26 bits per heavy atom. The highest BCUT2D eigenvalue weighted by atomic mass is 16.6. The topological polar surface area (TPSA) is 168 Å². The van der Waals surface area contributed by atoms with Crippen LogP contribution in [0.1, 0.15) is 16.2 Å². The first kappa shape index (κ1) is 22.0. The van der Waals surface area contributed by atoms with Gasteiger partial charge in [0.2, 0.25) is 5.88 Å². The third-order valence-corrected chi connectivity index (χ3v) is 4.46. The van der Waals surface area contributed by atoms with Crippen molar-refractivity contribution in [3.05, 3.63) is 98.6 Å². The van der Waals surface area contributed by atoms with Crippen molar-refractivity contribution in [1.82, 2.24) is 19.7 Å². The number of anilines is 1. The van der Waals surface area contributed by atoms with Crippen LogP contribution in [-0.2, 0) is 0 Å². The maximum absolute atomic E-state index is 12.5. The van der Waals surface area contributed by atoms with Gasteiger partial charge in [-0.05, 0) is 37.3 Å². The van der Waals surface area contributed by atoms with E-state index >= 15 is 0 Å². The zero-order chi connectivity index (χ0) is 24.2. The largest absolute Gasteiger partial charge is 0.439 e. The summed E-state index contributed by atoms with van der Waals surface area (Å²) in [5, 5.41) is 28.7. The van der Waals surface area contributed by atoms with Gasteiger partial charge in [-0.15, -0.1) is 0 Å². The van der Waals surface area contributed by atoms with E-state index < -0.39 is 27.1 Å². The fraction of sp³-hybridized carbons (Fsp3) is 0.0476. The molecule has 4 aromatic rings. The van der Waals surface area contributed by atoms with Gasteiger partial charge in [0, 0.05) is 36.3 Å². The zero-order valence-electron chi connectivity index (χ0n) is 17.5. The van der Waals surface area contributed by atoms with Crippen LogP contribution in [0.2, 0.25) is 0 Å². The molecule has 13 heteroatoms. The lowest BCUT2D eigenvalue weighted by molar-refractivity contribution is -0.394. The lowest BCUT2D eigenvalue weighted by Crippen LogP contribution is -2.12. The minimum absolute atomic E-state index is 0.219. The van der Waals surface area contributed by atoms with Crippen LogP contribution >= 0.6 is 0 Å². The molecule has 0 saturated carbocycles. The summed E-state index contributed by atoms with van der Waals surface area (Å²) in [6.07, 6.45) is 3.36. The Balaban J connectivity index is 1.49. The summed E-state index contributed by atoms with van der Waals surface area (Å²) in [6, 6.07) is 12.3. The van der Waals surface area contributed by atoms with Crippen LogP contribution in [0.25, 0.3) is 5.82 Å². The molecule has 0 aliphatic carbocycles. The first-order valence-electron chi connectivity index (χ1n) is 9.67. The summed E-state index contributed by atoms with van der Waals surface area (Å²) in [7, 11) is 0. The van der Waals surface area contributed by atoms with E-state index in [1.54, 1.807) is 60.4 Å². The number of benzene rings is 2. The van der Waals surface area contributed by atoms with Crippen molar-refractivity contribution < 1.29 is 19.4 Å². The lowest BCUT2D eigenvalue weighted by Gasteiger charge is -2.09. The minimum Gasteiger partial charge on any atom is -0.439 e. The van der Waals surface area contributed by atoms with Gasteiger partial charge >= 0.3 is 0 Å². The number of hydrogen-bond acceptors (Lipinski definition) is 9. The Morgan fingerprint density at radius 1 is 1.00 bits per heavy atom. The zero-order valence-corrected chi connectivity index (χ0v) is 17.5. The molecule has 0 saturated heterocycles. The molecule has 0 aliphatic rings. The smallest absolute Gasteiger partial charge is 0.277 e. The van der Waals surface area contributed by atoms with Crippen molar-refractivity contribution in [2.45, 2.75) is 6.92 Å². The molecule has 0 radical (unpaired) electrons. The van der Waals surface area contributed by atoms with Crippen LogP contribution in [0.15, 0.2) is 67.0 Å². The fourth-order valence-electron chi connectivity index (χ4n) is 2.97. The minimum atomic E-state index is -0.803. The second-order valence-electron chi connectivity index (χ2n) is 6.90. The van der Waals surface area contributed by atoms with Gasteiger partial charge in [-0.1, -0.05) is 0 Å². The van der Waals surface area contributed by atoms with Crippen molar-refractivity contribution in [3.63, 3.8) is 0 Å². The third kappa shape index (κ3) is 4.99. The Labute approximate surface area is 191 Å². The molecule has 13 nitrogen and oxygen atoms in total. The molecule has 0 spiro atoms. The van der Waals surface area contributed by atoms with Crippen molar-refractivity contribution in [2.24, 2.45) is 0 Å². The van der Waals surface area contributed by atoms with Gasteiger partial charge in [0.25, 0.3) is 17.3 Å². The average Bonchev–Trinajstić information content (AvgIpc) is 3.35. The van der Waals surface area contributed by atoms with Crippen LogP contribution in [0.4, 0.5) is 17.1 Å². The second kappa shape index (κ2) is 9.12. The molecule has 0 atom stereocenters. The maximum atomic E-state index is 12.5. The van der Waals surface area contributed by atoms with E-state index in [2.05, 4.69) is 20.4 Å². The monoisotopic (exact) mass is 461 g/mol. The van der Waals surface area contributed by atoms with Gasteiger partial charge in [-0.25, -0.2) is 9.67 Å². The van der Waals surface area contributed by atoms with E-state index in [0.717, 1.165) is 18.2 Å². The number of aromatic nitrogens is 4. The molecular weight excluding hydrogens is 446 g/mol. The molecule has 34 heavy (non-hydrogen) atoms. The van der Waals surface area contributed by atoms with Gasteiger partial charge in [-0.3, -0.25) is 25.0 Å². The standard InChI is InChI=1S/C21H15N7O6/c1-13-23-19(26-8-2-7-22-26)12-20(24-13)34-18-5-3-15(4-6-18)25-21(29)14-9-16(27(30)31)11-17(10-14)28(32)33/h2-12H,1H3,(H,25,29). The summed E-state index contributed by atoms with van der Waals surface area (Å²) in [5.41, 5.74) is -0.984. The quantitative estimate of drug-likeness (QED) is 0.317. The van der Waals surface area contributed by atoms with Crippen LogP contribution in [-0.4, -0.2) is 35.5 Å². The summed E-state index contributed by atoms with van der Waals surface area (Å²) >= 11 is 0. The van der Waals surface area contributed by atoms with Crippen LogP contribution in [0, 0.1) is 27.2 Å². The molecule has 2 heterocycles. The number of ether oxygens (including phenoxy) is 1. The number of rotatable bonds is 7. The molecule has 1 amide bonds. The van der Waals surface area contributed by atoms with E-state index in [4.69, 9.17) is 4.74 Å². The molecule has 0 unspecified atom stereocenters. The molecule has 0 fully saturated rings. The number of hydrogen-bond donors (Lipinski definition) is 1. The number of nitrogens with zero attached hydrogens (tertiary/aromatic N) is 6. The summed E-state index contributed by atoms with van der Waals surface area (Å²) in [4.78, 5) is 41.5. The summed E-state index contributed by atoms with van der Waals surface area (Å²) in [6.45, 7) is 1.72. The van der Waals surface area contributed by atoms with E-state index in [-0.39, 0.29) is 5.56 Å². The van der Waals surface area contributed by atoms with Crippen molar-refractivity contribution >= 4 is 23.0 Å². The normalized spacial score (nSPS) is 10.5. The highest BCUT2D eigenvalue weighted by Gasteiger charge is 2.20. The molecular formula is C21H15N7O6. The first-order valence-corrected chi connectivity index (χ1v) is 9.67. The molecule has 4 rings (SSSR count). The number of nitrogens with one attached hydrogen (secondary N) is 1. The van der Waals surface area contributed by atoms with E-state index in [0.29, 0.717) is 29.0 Å². The Bertz CT molecular complexity index is 1360. The van der Waals surface area contributed by atoms with Crippen molar-refractivity contribution in [3.8, 4) is 17.4 Å². The Morgan fingerprint density at radius 2 is 1.68 bits per heavy atom. The lowest BCUT2D eigenvalue weighted by atomic mass is 10.1. The first-order chi connectivity index (χ1) is 16.3. The number of aryl methyl sites for hydroxylation is 1. The SMILES string of the molecule is Cc1nc(Oc2ccc(NC(=O)c3cc([N+](=O)[O-])cc([N+](=O)[O-])c3)cc2)cc(-n2cccn2)n1. The Hall–Kier alpha value is -5.20. The third-order valence-electron chi connectivity index (χ3n) is 4.46. The average molecular weight is 461 g/mol. The maximum Gasteiger partial charge on any atom is 0.277 e. The number of nitro benzene ring substituents is 2. The molecule has 0 bridgehead atoms. The molecule has 1 N–H and O–H groups in total. The predicted molar refractivity (Wildman–Crippen MR) is 118 cm³/mol. The van der Waals surface area contributed by atoms with E-state index in [1.807, 2.05) is 0 Å². The van der Waals surface area contributed by atoms with Crippen molar-refractivity contribution in [1.29, 1.82) is 0 Å². The van der Waals surface area contributed by atoms with E-state index in [9.17, 15) is 25.0 Å². The van der Waals surface area contributed by atoms with Gasteiger partial charge in [0.15, 0.2) is 5.82 Å². The summed E-state index contributed by atoms with van der Waals surface area (Å²) in [5.74, 6) is 0.989. The van der Waals surface area contributed by atoms with Gasteiger partial charge in [0.05, 0.1) is 21.5 Å². The van der Waals surface area contributed by atoms with Crippen LogP contribution in [0.5, 0.6) is 11.6 Å². The molecule has 0 aliphatic heterocycles. The molecule has 170 valence electrons. The highest BCUT2D eigenvalue weighted by molar-refractivity contribution is 6.05. The van der Waals surface area contributed by atoms with Gasteiger partial charge in [0.1, 0.15) is 11.6 Å². The number of amides is 1. The second-order valence-corrected chi connectivity index (χ2v) is 6.90. The van der Waals surface area contributed by atoms with E-state index in [1.165, 1.54) is 0 Å². The summed E-state index contributed by atoms with van der Waals surface area (Å²) < 4.78 is 7.34.